The minimum atomic E-state index is -0.905. The monoisotopic (exact) mass is 318 g/mol. The summed E-state index contributed by atoms with van der Waals surface area (Å²) in [6, 6.07) is 6.09. The largest absolute Gasteiger partial charge is 0.497 e. The third-order valence-electron chi connectivity index (χ3n) is 2.83. The third-order valence-corrected chi connectivity index (χ3v) is 2.83. The quantitative estimate of drug-likeness (QED) is 0.627. The van der Waals surface area contributed by atoms with Gasteiger partial charge in [-0.3, -0.25) is 4.79 Å². The Labute approximate surface area is 131 Å². The molecule has 1 aromatic carbocycles. The molecule has 0 radical (unpaired) electrons. The molecule has 0 unspecified atom stereocenters. The summed E-state index contributed by atoms with van der Waals surface area (Å²) < 4.78 is 19.5. The Morgan fingerprint density at radius 3 is 2.57 bits per heavy atom. The number of halogens is 1. The number of carbonyl (C=O) groups excluding carboxylic acids is 1. The van der Waals surface area contributed by atoms with Gasteiger partial charge in [0.2, 0.25) is 0 Å². The molecule has 23 heavy (non-hydrogen) atoms. The van der Waals surface area contributed by atoms with Gasteiger partial charge in [-0.05, 0) is 24.3 Å². The maximum absolute atomic E-state index is 13.9. The summed E-state index contributed by atoms with van der Waals surface area (Å²) in [7, 11) is 4.87. The van der Waals surface area contributed by atoms with Gasteiger partial charge in [-0.2, -0.15) is 4.98 Å². The summed E-state index contributed by atoms with van der Waals surface area (Å²) in [5.74, 6) is -1.37. The summed E-state index contributed by atoms with van der Waals surface area (Å²) in [6.07, 6.45) is 2.09. The summed E-state index contributed by atoms with van der Waals surface area (Å²) in [5, 5.41) is 0. The van der Waals surface area contributed by atoms with Crippen molar-refractivity contribution in [1.29, 1.82) is 0 Å². The standard InChI is InChI=1S/C15H15FN4O3/c1-19(2)9-17-13-12(16)8-20(15(22)18-13)14(21)10-4-6-11(23-3)7-5-10/h4-9H,1-3H3. The Morgan fingerprint density at radius 1 is 1.35 bits per heavy atom. The van der Waals surface area contributed by atoms with Crippen LogP contribution >= 0.6 is 0 Å². The van der Waals surface area contributed by atoms with E-state index in [4.69, 9.17) is 4.74 Å². The predicted octanol–water partition coefficient (Wildman–Crippen LogP) is 1.30. The maximum Gasteiger partial charge on any atom is 0.356 e. The van der Waals surface area contributed by atoms with Crippen LogP contribution in [0.1, 0.15) is 10.4 Å². The molecule has 120 valence electrons. The second-order valence-electron chi connectivity index (χ2n) is 4.81. The summed E-state index contributed by atoms with van der Waals surface area (Å²) in [5.41, 5.74) is -0.697. The fraction of sp³-hybridized carbons (Fsp3) is 0.200. The van der Waals surface area contributed by atoms with Gasteiger partial charge in [0.15, 0.2) is 11.6 Å². The highest BCUT2D eigenvalue weighted by Gasteiger charge is 2.15. The van der Waals surface area contributed by atoms with Crippen molar-refractivity contribution >= 4 is 18.1 Å². The number of aromatic nitrogens is 2. The molecule has 0 saturated carbocycles. The normalized spacial score (nSPS) is 10.8. The maximum atomic E-state index is 13.9. The molecule has 0 bridgehead atoms. The minimum Gasteiger partial charge on any atom is -0.497 e. The smallest absolute Gasteiger partial charge is 0.356 e. The molecule has 0 aliphatic carbocycles. The van der Waals surface area contributed by atoms with E-state index in [1.807, 2.05) is 0 Å². The van der Waals surface area contributed by atoms with Crippen molar-refractivity contribution in [3.63, 3.8) is 0 Å². The number of methoxy groups -OCH3 is 1. The van der Waals surface area contributed by atoms with Crippen LogP contribution in [0.2, 0.25) is 0 Å². The molecule has 0 aliphatic heterocycles. The SMILES string of the molecule is COc1ccc(C(=O)n2cc(F)c(N=CN(C)C)nc2=O)cc1. The summed E-state index contributed by atoms with van der Waals surface area (Å²) >= 11 is 0. The Balaban J connectivity index is 2.37. The van der Waals surface area contributed by atoms with E-state index in [0.29, 0.717) is 10.3 Å². The van der Waals surface area contributed by atoms with Crippen molar-refractivity contribution in [2.75, 3.05) is 21.2 Å². The highest BCUT2D eigenvalue weighted by molar-refractivity contribution is 5.95. The third kappa shape index (κ3) is 3.79. The van der Waals surface area contributed by atoms with Gasteiger partial charge < -0.3 is 9.64 Å². The number of ether oxygens (including phenoxy) is 1. The van der Waals surface area contributed by atoms with Crippen molar-refractivity contribution in [2.24, 2.45) is 4.99 Å². The topological polar surface area (TPSA) is 76.8 Å². The van der Waals surface area contributed by atoms with Gasteiger partial charge in [0.1, 0.15) is 5.75 Å². The first-order valence-corrected chi connectivity index (χ1v) is 6.61. The lowest BCUT2D eigenvalue weighted by Gasteiger charge is -2.06. The Hall–Kier alpha value is -3.03. The van der Waals surface area contributed by atoms with Crippen molar-refractivity contribution in [1.82, 2.24) is 14.5 Å². The van der Waals surface area contributed by atoms with E-state index < -0.39 is 17.4 Å². The Bertz CT molecular complexity index is 797. The molecule has 0 aliphatic rings. The van der Waals surface area contributed by atoms with E-state index in [-0.39, 0.29) is 11.4 Å². The van der Waals surface area contributed by atoms with E-state index in [1.54, 1.807) is 31.1 Å². The molecular weight excluding hydrogens is 303 g/mol. The number of nitrogens with zero attached hydrogens (tertiary/aromatic N) is 4. The van der Waals surface area contributed by atoms with Gasteiger partial charge >= 0.3 is 5.69 Å². The first kappa shape index (κ1) is 16.3. The lowest BCUT2D eigenvalue weighted by molar-refractivity contribution is 0.0953. The van der Waals surface area contributed by atoms with Crippen molar-refractivity contribution in [3.8, 4) is 5.75 Å². The molecule has 0 N–H and O–H groups in total. The average molecular weight is 318 g/mol. The highest BCUT2D eigenvalue weighted by Crippen LogP contribution is 2.14. The van der Waals surface area contributed by atoms with E-state index in [2.05, 4.69) is 9.98 Å². The molecule has 2 rings (SSSR count). The molecule has 0 saturated heterocycles. The molecule has 0 spiro atoms. The minimum absolute atomic E-state index is 0.207. The van der Waals surface area contributed by atoms with Gasteiger partial charge in [-0.25, -0.2) is 18.7 Å². The van der Waals surface area contributed by atoms with Gasteiger partial charge in [-0.1, -0.05) is 0 Å². The fourth-order valence-corrected chi connectivity index (χ4v) is 1.70. The zero-order chi connectivity index (χ0) is 17.0. The van der Waals surface area contributed by atoms with Crippen LogP contribution in [0.15, 0.2) is 40.2 Å². The van der Waals surface area contributed by atoms with Crippen molar-refractivity contribution in [3.05, 3.63) is 52.3 Å². The number of rotatable bonds is 4. The second-order valence-corrected chi connectivity index (χ2v) is 4.81. The van der Waals surface area contributed by atoms with E-state index in [0.717, 1.165) is 6.20 Å². The lowest BCUT2D eigenvalue weighted by Crippen LogP contribution is -2.29. The molecule has 0 fully saturated rings. The first-order chi connectivity index (χ1) is 10.9. The van der Waals surface area contributed by atoms with E-state index >= 15 is 0 Å². The van der Waals surface area contributed by atoms with Crippen LogP contribution in [0.4, 0.5) is 10.2 Å². The average Bonchev–Trinajstić information content (AvgIpc) is 2.54. The van der Waals surface area contributed by atoms with Crippen molar-refractivity contribution in [2.45, 2.75) is 0 Å². The van der Waals surface area contributed by atoms with Crippen LogP contribution in [-0.4, -0.2) is 47.9 Å². The Kier molecular flexibility index (Phi) is 4.85. The number of hydrogen-bond acceptors (Lipinski definition) is 5. The molecule has 7 nitrogen and oxygen atoms in total. The van der Waals surface area contributed by atoms with Crippen LogP contribution < -0.4 is 10.4 Å². The molecule has 1 heterocycles. The van der Waals surface area contributed by atoms with E-state index in [1.165, 1.54) is 25.6 Å². The summed E-state index contributed by atoms with van der Waals surface area (Å²) in [6.45, 7) is 0. The van der Waals surface area contributed by atoms with Gasteiger partial charge in [-0.15, -0.1) is 0 Å². The molecule has 0 atom stereocenters. The number of carbonyl (C=O) groups is 1. The number of aliphatic imine (C=N–C) groups is 1. The van der Waals surface area contributed by atoms with Crippen LogP contribution in [0.5, 0.6) is 5.75 Å². The molecular formula is C15H15FN4O3. The van der Waals surface area contributed by atoms with E-state index in [9.17, 15) is 14.0 Å². The fourth-order valence-electron chi connectivity index (χ4n) is 1.70. The van der Waals surface area contributed by atoms with Gasteiger partial charge in [0.25, 0.3) is 5.91 Å². The van der Waals surface area contributed by atoms with Gasteiger partial charge in [0, 0.05) is 19.7 Å². The van der Waals surface area contributed by atoms with Crippen molar-refractivity contribution < 1.29 is 13.9 Å². The molecule has 0 amide bonds. The van der Waals surface area contributed by atoms with Gasteiger partial charge in [0.05, 0.1) is 19.6 Å². The molecule has 1 aromatic heterocycles. The van der Waals surface area contributed by atoms with Crippen LogP contribution in [-0.2, 0) is 0 Å². The van der Waals surface area contributed by atoms with Crippen LogP contribution in [0.3, 0.4) is 0 Å². The highest BCUT2D eigenvalue weighted by atomic mass is 19.1. The first-order valence-electron chi connectivity index (χ1n) is 6.61. The Morgan fingerprint density at radius 2 is 2.00 bits per heavy atom. The lowest BCUT2D eigenvalue weighted by atomic mass is 10.2. The van der Waals surface area contributed by atoms with Crippen LogP contribution in [0.25, 0.3) is 0 Å². The zero-order valence-electron chi connectivity index (χ0n) is 12.9. The summed E-state index contributed by atoms with van der Waals surface area (Å²) in [4.78, 5) is 33.0. The molecule has 2 aromatic rings. The zero-order valence-corrected chi connectivity index (χ0v) is 12.9. The number of benzene rings is 1. The molecule has 8 heteroatoms. The van der Waals surface area contributed by atoms with Crippen LogP contribution in [0, 0.1) is 5.82 Å². The predicted molar refractivity (Wildman–Crippen MR) is 83.0 cm³/mol. The number of hydrogen-bond donors (Lipinski definition) is 0. The second kappa shape index (κ2) is 6.82.